The summed E-state index contributed by atoms with van der Waals surface area (Å²) in [5.74, 6) is 0. The van der Waals surface area contributed by atoms with Gasteiger partial charge in [0.25, 0.3) is 0 Å². The van der Waals surface area contributed by atoms with Crippen molar-refractivity contribution in [1.82, 2.24) is 0 Å². The molecule has 61 valence electrons. The van der Waals surface area contributed by atoms with Gasteiger partial charge in [-0.15, -0.1) is 0 Å². The van der Waals surface area contributed by atoms with Crippen LogP contribution in [0.25, 0.3) is 0 Å². The van der Waals surface area contributed by atoms with E-state index >= 15 is 0 Å². The van der Waals surface area contributed by atoms with Gasteiger partial charge in [0.15, 0.2) is 0 Å². The fourth-order valence-corrected chi connectivity index (χ4v) is 1.80. The van der Waals surface area contributed by atoms with Crippen LogP contribution in [0.2, 0.25) is 0 Å². The Bertz CT molecular complexity index is 249. The molecular formula is C11H13Hf. The first-order valence-corrected chi connectivity index (χ1v) is 4.11. The third-order valence-corrected chi connectivity index (χ3v) is 2.25. The number of rotatable bonds is 0. The van der Waals surface area contributed by atoms with Crippen LogP contribution in [0.3, 0.4) is 0 Å². The molecule has 12 heavy (non-hydrogen) atoms. The molecule has 0 heterocycles. The summed E-state index contributed by atoms with van der Waals surface area (Å²) in [5, 5.41) is 0. The number of fused-ring (bicyclic) bond motifs is 1. The molecule has 0 saturated carbocycles. The first-order chi connectivity index (χ1) is 5.17. The van der Waals surface area contributed by atoms with Gasteiger partial charge < -0.3 is 0 Å². The summed E-state index contributed by atoms with van der Waals surface area (Å²) >= 11 is 0. The van der Waals surface area contributed by atoms with Crippen molar-refractivity contribution in [3.63, 3.8) is 0 Å². The van der Waals surface area contributed by atoms with E-state index in [2.05, 4.69) is 44.5 Å². The van der Waals surface area contributed by atoms with Gasteiger partial charge in [-0.05, 0) is 29.4 Å². The van der Waals surface area contributed by atoms with E-state index in [9.17, 15) is 0 Å². The maximum Gasteiger partial charge on any atom is 0 e. The van der Waals surface area contributed by atoms with Gasteiger partial charge in [0.2, 0.25) is 0 Å². The Hall–Kier alpha value is 0.0901. The van der Waals surface area contributed by atoms with E-state index in [-0.39, 0.29) is 25.8 Å². The van der Waals surface area contributed by atoms with E-state index in [1.807, 2.05) is 0 Å². The quantitative estimate of drug-likeness (QED) is 0.644. The molecule has 0 atom stereocenters. The van der Waals surface area contributed by atoms with Gasteiger partial charge in [0.05, 0.1) is 0 Å². The van der Waals surface area contributed by atoms with Crippen LogP contribution < -0.4 is 0 Å². The van der Waals surface area contributed by atoms with E-state index in [1.54, 1.807) is 0 Å². The third kappa shape index (κ3) is 1.87. The maximum atomic E-state index is 2.36. The van der Waals surface area contributed by atoms with Crippen LogP contribution in [0.5, 0.6) is 0 Å². The zero-order chi connectivity index (χ0) is 7.90. The Morgan fingerprint density at radius 3 is 2.50 bits per heavy atom. The SMILES string of the molecule is CC1(C)[CH]c2ccccc2C1.[Hf]. The summed E-state index contributed by atoms with van der Waals surface area (Å²) in [6.45, 7) is 4.57. The van der Waals surface area contributed by atoms with Crippen molar-refractivity contribution in [3.8, 4) is 0 Å². The molecule has 1 aromatic carbocycles. The topological polar surface area (TPSA) is 0 Å². The molecule has 0 saturated heterocycles. The van der Waals surface area contributed by atoms with Crippen LogP contribution in [0.4, 0.5) is 0 Å². The van der Waals surface area contributed by atoms with Gasteiger partial charge in [0.1, 0.15) is 0 Å². The van der Waals surface area contributed by atoms with Crippen LogP contribution in [0.1, 0.15) is 25.0 Å². The molecule has 0 nitrogen and oxygen atoms in total. The molecule has 0 aromatic heterocycles. The number of hydrogen-bond donors (Lipinski definition) is 0. The molecule has 0 amide bonds. The average Bonchev–Trinajstić information content (AvgIpc) is 2.21. The smallest absolute Gasteiger partial charge is 0 e. The Balaban J connectivity index is 0.000000720. The molecule has 1 aliphatic carbocycles. The molecule has 0 N–H and O–H groups in total. The summed E-state index contributed by atoms with van der Waals surface area (Å²) in [5.41, 5.74) is 3.30. The van der Waals surface area contributed by atoms with Crippen LogP contribution in [0.15, 0.2) is 24.3 Å². The van der Waals surface area contributed by atoms with Crippen molar-refractivity contribution in [3.05, 3.63) is 41.8 Å². The predicted octanol–water partition coefficient (Wildman–Crippen LogP) is 2.82. The van der Waals surface area contributed by atoms with Gasteiger partial charge in [-0.1, -0.05) is 38.1 Å². The summed E-state index contributed by atoms with van der Waals surface area (Å²) in [6, 6.07) is 8.65. The molecule has 0 unspecified atom stereocenters. The van der Waals surface area contributed by atoms with Crippen molar-refractivity contribution in [2.45, 2.75) is 20.3 Å². The minimum Gasteiger partial charge on any atom is -0.0620 e. The van der Waals surface area contributed by atoms with Gasteiger partial charge in [-0.2, -0.15) is 0 Å². The second kappa shape index (κ2) is 3.45. The molecule has 0 fully saturated rings. The summed E-state index contributed by atoms with van der Waals surface area (Å²) in [6.07, 6.45) is 3.56. The minimum absolute atomic E-state index is 0. The molecule has 0 bridgehead atoms. The monoisotopic (exact) mass is 325 g/mol. The summed E-state index contributed by atoms with van der Waals surface area (Å²) in [4.78, 5) is 0. The van der Waals surface area contributed by atoms with Crippen molar-refractivity contribution in [1.29, 1.82) is 0 Å². The van der Waals surface area contributed by atoms with Crippen molar-refractivity contribution in [2.24, 2.45) is 5.41 Å². The average molecular weight is 324 g/mol. The normalized spacial score (nSPS) is 18.2. The Morgan fingerprint density at radius 2 is 1.83 bits per heavy atom. The fraction of sp³-hybridized carbons (Fsp3) is 0.364. The molecule has 1 radical (unpaired) electrons. The first kappa shape index (κ1) is 10.2. The van der Waals surface area contributed by atoms with Crippen LogP contribution in [0, 0.1) is 11.8 Å². The number of benzene rings is 1. The van der Waals surface area contributed by atoms with Gasteiger partial charge in [-0.25, -0.2) is 0 Å². The van der Waals surface area contributed by atoms with Crippen molar-refractivity contribution < 1.29 is 25.8 Å². The van der Waals surface area contributed by atoms with E-state index in [0.717, 1.165) is 0 Å². The molecular weight excluding hydrogens is 311 g/mol. The van der Waals surface area contributed by atoms with E-state index < -0.39 is 0 Å². The van der Waals surface area contributed by atoms with E-state index in [0.29, 0.717) is 5.41 Å². The molecule has 1 aromatic rings. The zero-order valence-corrected chi connectivity index (χ0v) is 11.2. The fourth-order valence-electron chi connectivity index (χ4n) is 1.80. The molecule has 1 aliphatic rings. The second-order valence-corrected chi connectivity index (χ2v) is 4.01. The van der Waals surface area contributed by atoms with Crippen LogP contribution in [-0.4, -0.2) is 0 Å². The summed E-state index contributed by atoms with van der Waals surface area (Å²) < 4.78 is 0. The third-order valence-electron chi connectivity index (χ3n) is 2.25. The summed E-state index contributed by atoms with van der Waals surface area (Å²) in [7, 11) is 0. The zero-order valence-electron chi connectivity index (χ0n) is 7.59. The number of hydrogen-bond acceptors (Lipinski definition) is 0. The second-order valence-electron chi connectivity index (χ2n) is 4.01. The van der Waals surface area contributed by atoms with Gasteiger partial charge >= 0.3 is 0 Å². The Labute approximate surface area is 93.2 Å². The maximum absolute atomic E-state index is 2.36. The Morgan fingerprint density at radius 1 is 1.17 bits per heavy atom. The van der Waals surface area contributed by atoms with E-state index in [4.69, 9.17) is 0 Å². The molecule has 0 spiro atoms. The Kier molecular flexibility index (Phi) is 2.92. The first-order valence-electron chi connectivity index (χ1n) is 4.11. The van der Waals surface area contributed by atoms with Crippen molar-refractivity contribution in [2.75, 3.05) is 0 Å². The standard InChI is InChI=1S/C11H13.Hf/c1-11(2)7-9-5-3-4-6-10(9)8-11;/h3-7H,8H2,1-2H3;. The largest absolute Gasteiger partial charge is 0.0620 e. The van der Waals surface area contributed by atoms with Crippen molar-refractivity contribution >= 4 is 0 Å². The van der Waals surface area contributed by atoms with Crippen LogP contribution >= 0.6 is 0 Å². The van der Waals surface area contributed by atoms with Crippen LogP contribution in [-0.2, 0) is 32.3 Å². The van der Waals surface area contributed by atoms with Gasteiger partial charge in [-0.3, -0.25) is 0 Å². The van der Waals surface area contributed by atoms with Gasteiger partial charge in [0, 0.05) is 25.8 Å². The predicted molar refractivity (Wildman–Crippen MR) is 47.3 cm³/mol. The van der Waals surface area contributed by atoms with E-state index in [1.165, 1.54) is 17.5 Å². The molecule has 0 aliphatic heterocycles. The molecule has 1 heteroatoms. The minimum atomic E-state index is 0. The molecule has 2 rings (SSSR count).